The van der Waals surface area contributed by atoms with Gasteiger partial charge in [0.1, 0.15) is 0 Å². The van der Waals surface area contributed by atoms with Gasteiger partial charge in [-0.05, 0) is 37.7 Å². The zero-order valence-electron chi connectivity index (χ0n) is 9.49. The van der Waals surface area contributed by atoms with Crippen LogP contribution in [0.15, 0.2) is 36.6 Å². The number of aromatic nitrogens is 2. The number of H-pyrrole nitrogens is 1. The number of imidazole rings is 1. The lowest BCUT2D eigenvalue weighted by Gasteiger charge is -1.92. The molecule has 82 valence electrons. The molecule has 3 heteroatoms. The SMILES string of the molecule is CC=CNc1nc2ccc(/C=C/C)cc2[nH]1. The van der Waals surface area contributed by atoms with Crippen LogP contribution in [0.1, 0.15) is 19.4 Å². The molecule has 16 heavy (non-hydrogen) atoms. The lowest BCUT2D eigenvalue weighted by molar-refractivity contribution is 1.31. The lowest BCUT2D eigenvalue weighted by atomic mass is 10.2. The van der Waals surface area contributed by atoms with Gasteiger partial charge in [0.2, 0.25) is 5.95 Å². The van der Waals surface area contributed by atoms with Crippen molar-refractivity contribution in [1.82, 2.24) is 9.97 Å². The van der Waals surface area contributed by atoms with Crippen LogP contribution < -0.4 is 5.32 Å². The van der Waals surface area contributed by atoms with Gasteiger partial charge in [-0.15, -0.1) is 0 Å². The van der Waals surface area contributed by atoms with Gasteiger partial charge < -0.3 is 10.3 Å². The van der Waals surface area contributed by atoms with Gasteiger partial charge in [0, 0.05) is 0 Å². The Labute approximate surface area is 94.9 Å². The topological polar surface area (TPSA) is 40.7 Å². The van der Waals surface area contributed by atoms with Gasteiger partial charge in [0.05, 0.1) is 11.0 Å². The molecule has 0 aliphatic carbocycles. The quantitative estimate of drug-likeness (QED) is 0.818. The molecule has 1 heterocycles. The summed E-state index contributed by atoms with van der Waals surface area (Å²) in [6, 6.07) is 6.16. The van der Waals surface area contributed by atoms with Crippen LogP contribution in [-0.4, -0.2) is 9.97 Å². The summed E-state index contributed by atoms with van der Waals surface area (Å²) in [5, 5.41) is 3.07. The van der Waals surface area contributed by atoms with Crippen LogP contribution >= 0.6 is 0 Å². The summed E-state index contributed by atoms with van der Waals surface area (Å²) in [5.41, 5.74) is 3.19. The number of nitrogens with zero attached hydrogens (tertiary/aromatic N) is 1. The van der Waals surface area contributed by atoms with Crippen LogP contribution in [0.3, 0.4) is 0 Å². The first-order valence-electron chi connectivity index (χ1n) is 5.33. The van der Waals surface area contributed by atoms with E-state index in [1.807, 2.05) is 38.3 Å². The number of aromatic amines is 1. The number of rotatable bonds is 3. The summed E-state index contributed by atoms with van der Waals surface area (Å²) in [4.78, 5) is 7.63. The third kappa shape index (κ3) is 2.14. The predicted octanol–water partition coefficient (Wildman–Crippen LogP) is 3.54. The molecule has 0 fully saturated rings. The molecular formula is C13H15N3. The van der Waals surface area contributed by atoms with Crippen molar-refractivity contribution in [3.63, 3.8) is 0 Å². The van der Waals surface area contributed by atoms with Crippen molar-refractivity contribution >= 4 is 23.1 Å². The molecule has 2 rings (SSSR count). The minimum Gasteiger partial charge on any atom is -0.333 e. The second kappa shape index (κ2) is 4.66. The molecule has 0 unspecified atom stereocenters. The van der Waals surface area contributed by atoms with Crippen molar-refractivity contribution in [2.24, 2.45) is 0 Å². The molecule has 0 saturated carbocycles. The standard InChI is InChI=1S/C13H15N3/c1-3-5-10-6-7-11-12(9-10)16-13(15-11)14-8-4-2/h3-9H,1-2H3,(H2,14,15,16)/b5-3+,8-4?. The van der Waals surface area contributed by atoms with Gasteiger partial charge in [-0.2, -0.15) is 0 Å². The van der Waals surface area contributed by atoms with Crippen LogP contribution in [-0.2, 0) is 0 Å². The van der Waals surface area contributed by atoms with Crippen LogP contribution in [0.2, 0.25) is 0 Å². The number of anilines is 1. The van der Waals surface area contributed by atoms with Crippen molar-refractivity contribution in [1.29, 1.82) is 0 Å². The highest BCUT2D eigenvalue weighted by Crippen LogP contribution is 2.16. The Morgan fingerprint density at radius 3 is 2.88 bits per heavy atom. The Hall–Kier alpha value is -2.03. The summed E-state index contributed by atoms with van der Waals surface area (Å²) in [5.74, 6) is 0.769. The third-order valence-electron chi connectivity index (χ3n) is 2.25. The van der Waals surface area contributed by atoms with Gasteiger partial charge >= 0.3 is 0 Å². The smallest absolute Gasteiger partial charge is 0.205 e. The molecule has 1 aromatic heterocycles. The van der Waals surface area contributed by atoms with Crippen molar-refractivity contribution in [2.75, 3.05) is 5.32 Å². The Morgan fingerprint density at radius 1 is 1.25 bits per heavy atom. The second-order valence-electron chi connectivity index (χ2n) is 3.51. The van der Waals surface area contributed by atoms with E-state index in [0.717, 1.165) is 17.0 Å². The fourth-order valence-electron chi connectivity index (χ4n) is 1.55. The van der Waals surface area contributed by atoms with Crippen LogP contribution in [0.4, 0.5) is 5.95 Å². The summed E-state index contributed by atoms with van der Waals surface area (Å²) in [6.07, 6.45) is 7.87. The highest BCUT2D eigenvalue weighted by molar-refractivity contribution is 5.80. The summed E-state index contributed by atoms with van der Waals surface area (Å²) in [7, 11) is 0. The minimum absolute atomic E-state index is 0.769. The molecule has 2 aromatic rings. The first-order valence-corrected chi connectivity index (χ1v) is 5.33. The normalized spacial score (nSPS) is 11.9. The number of fused-ring (bicyclic) bond motifs is 1. The highest BCUT2D eigenvalue weighted by atomic mass is 15.1. The number of allylic oxidation sites excluding steroid dienone is 2. The Kier molecular flexibility index (Phi) is 3.05. The molecule has 3 nitrogen and oxygen atoms in total. The molecule has 0 atom stereocenters. The molecule has 0 aliphatic rings. The monoisotopic (exact) mass is 213 g/mol. The fraction of sp³-hybridized carbons (Fsp3) is 0.154. The second-order valence-corrected chi connectivity index (χ2v) is 3.51. The van der Waals surface area contributed by atoms with Gasteiger partial charge in [0.25, 0.3) is 0 Å². The number of benzene rings is 1. The van der Waals surface area contributed by atoms with E-state index in [1.165, 1.54) is 5.56 Å². The fourth-order valence-corrected chi connectivity index (χ4v) is 1.55. The Morgan fingerprint density at radius 2 is 2.12 bits per heavy atom. The van der Waals surface area contributed by atoms with Gasteiger partial charge in [-0.25, -0.2) is 4.98 Å². The van der Waals surface area contributed by atoms with Crippen molar-refractivity contribution < 1.29 is 0 Å². The first-order chi connectivity index (χ1) is 7.83. The van der Waals surface area contributed by atoms with Gasteiger partial charge in [-0.3, -0.25) is 0 Å². The Bertz CT molecular complexity index is 535. The van der Waals surface area contributed by atoms with Crippen molar-refractivity contribution in [2.45, 2.75) is 13.8 Å². The largest absolute Gasteiger partial charge is 0.333 e. The summed E-state index contributed by atoms with van der Waals surface area (Å²) in [6.45, 7) is 3.97. The predicted molar refractivity (Wildman–Crippen MR) is 69.2 cm³/mol. The lowest BCUT2D eigenvalue weighted by Crippen LogP contribution is -1.87. The van der Waals surface area contributed by atoms with E-state index in [2.05, 4.69) is 33.5 Å². The average Bonchev–Trinajstić information content (AvgIpc) is 2.68. The minimum atomic E-state index is 0.769. The maximum absolute atomic E-state index is 4.41. The maximum Gasteiger partial charge on any atom is 0.205 e. The van der Waals surface area contributed by atoms with Crippen molar-refractivity contribution in [3.8, 4) is 0 Å². The van der Waals surface area contributed by atoms with E-state index in [0.29, 0.717) is 0 Å². The number of hydrogen-bond donors (Lipinski definition) is 2. The van der Waals surface area contributed by atoms with E-state index in [4.69, 9.17) is 0 Å². The molecule has 0 amide bonds. The van der Waals surface area contributed by atoms with Gasteiger partial charge in [0.15, 0.2) is 0 Å². The molecular weight excluding hydrogens is 198 g/mol. The van der Waals surface area contributed by atoms with E-state index in [-0.39, 0.29) is 0 Å². The molecule has 0 saturated heterocycles. The van der Waals surface area contributed by atoms with Crippen LogP contribution in [0.25, 0.3) is 17.1 Å². The number of nitrogens with one attached hydrogen (secondary N) is 2. The van der Waals surface area contributed by atoms with E-state index >= 15 is 0 Å². The first kappa shape index (κ1) is 10.5. The molecule has 0 spiro atoms. The van der Waals surface area contributed by atoms with E-state index < -0.39 is 0 Å². The van der Waals surface area contributed by atoms with E-state index in [9.17, 15) is 0 Å². The number of hydrogen-bond acceptors (Lipinski definition) is 2. The van der Waals surface area contributed by atoms with Crippen molar-refractivity contribution in [3.05, 3.63) is 42.1 Å². The maximum atomic E-state index is 4.41. The van der Waals surface area contributed by atoms with Crippen LogP contribution in [0, 0.1) is 0 Å². The van der Waals surface area contributed by atoms with Gasteiger partial charge in [-0.1, -0.05) is 24.3 Å². The zero-order valence-corrected chi connectivity index (χ0v) is 9.49. The average molecular weight is 213 g/mol. The highest BCUT2D eigenvalue weighted by Gasteiger charge is 2.00. The van der Waals surface area contributed by atoms with E-state index in [1.54, 1.807) is 0 Å². The molecule has 2 N–H and O–H groups in total. The molecule has 0 radical (unpaired) electrons. The Balaban J connectivity index is 2.37. The zero-order chi connectivity index (χ0) is 11.4. The summed E-state index contributed by atoms with van der Waals surface area (Å²) >= 11 is 0. The molecule has 0 aliphatic heterocycles. The third-order valence-corrected chi connectivity index (χ3v) is 2.25. The molecule has 0 bridgehead atoms. The summed E-state index contributed by atoms with van der Waals surface area (Å²) < 4.78 is 0. The van der Waals surface area contributed by atoms with Crippen LogP contribution in [0.5, 0.6) is 0 Å². The molecule has 1 aromatic carbocycles.